The summed E-state index contributed by atoms with van der Waals surface area (Å²) in [6.07, 6.45) is 1.06. The van der Waals surface area contributed by atoms with Gasteiger partial charge in [-0.15, -0.1) is 0 Å². The molecule has 0 aromatic heterocycles. The largest absolute Gasteiger partial charge is 0.392 e. The Bertz CT molecular complexity index is 264. The Morgan fingerprint density at radius 1 is 1.00 bits per heavy atom. The molecule has 0 aliphatic heterocycles. The van der Waals surface area contributed by atoms with Crippen molar-refractivity contribution in [3.63, 3.8) is 0 Å². The lowest BCUT2D eigenvalue weighted by Gasteiger charge is -2.13. The zero-order chi connectivity index (χ0) is 15.7. The summed E-state index contributed by atoms with van der Waals surface area (Å²) in [6, 6.07) is 10.5. The van der Waals surface area contributed by atoms with Gasteiger partial charge in [-0.3, -0.25) is 0 Å². The van der Waals surface area contributed by atoms with Crippen molar-refractivity contribution in [1.29, 1.82) is 0 Å². The van der Waals surface area contributed by atoms with Crippen LogP contribution in [0.3, 0.4) is 0 Å². The van der Waals surface area contributed by atoms with E-state index in [4.69, 9.17) is 0 Å². The van der Waals surface area contributed by atoms with Gasteiger partial charge in [0, 0.05) is 12.7 Å². The fourth-order valence-electron chi connectivity index (χ4n) is 1.34. The Balaban J connectivity index is -0.000000375. The van der Waals surface area contributed by atoms with Gasteiger partial charge in [-0.1, -0.05) is 85.4 Å². The Morgan fingerprint density at radius 2 is 1.42 bits per heavy atom. The third kappa shape index (κ3) is 13.0. The molecule has 19 heavy (non-hydrogen) atoms. The molecule has 1 aromatic carbocycles. The summed E-state index contributed by atoms with van der Waals surface area (Å²) in [5, 5.41) is 3.09. The highest BCUT2D eigenvalue weighted by atomic mass is 14.8. The molecular formula is C18H35N. The maximum Gasteiger partial charge on any atom is 0.00631 e. The third-order valence-electron chi connectivity index (χ3n) is 2.30. The Labute approximate surface area is 122 Å². The van der Waals surface area contributed by atoms with Gasteiger partial charge in [-0.2, -0.15) is 0 Å². The van der Waals surface area contributed by atoms with Gasteiger partial charge >= 0.3 is 0 Å². The third-order valence-corrected chi connectivity index (χ3v) is 2.30. The van der Waals surface area contributed by atoms with Crippen molar-refractivity contribution in [2.45, 2.75) is 54.9 Å². The van der Waals surface area contributed by atoms with Gasteiger partial charge in [-0.25, -0.2) is 0 Å². The molecule has 0 fully saturated rings. The molecule has 0 aliphatic carbocycles. The average molecular weight is 265 g/mol. The molecule has 0 amide bonds. The fourth-order valence-corrected chi connectivity index (χ4v) is 1.34. The van der Waals surface area contributed by atoms with Crippen LogP contribution in [0.4, 0.5) is 0 Å². The zero-order valence-electron chi connectivity index (χ0n) is 14.4. The monoisotopic (exact) mass is 265 g/mol. The van der Waals surface area contributed by atoms with E-state index in [2.05, 4.69) is 43.1 Å². The highest BCUT2D eigenvalue weighted by Crippen LogP contribution is 2.12. The minimum absolute atomic E-state index is 0.493. The van der Waals surface area contributed by atoms with E-state index in [0.717, 1.165) is 12.1 Å². The smallest absolute Gasteiger partial charge is 0.00631 e. The van der Waals surface area contributed by atoms with E-state index in [1.54, 1.807) is 0 Å². The molecule has 0 unspecified atom stereocenters. The van der Waals surface area contributed by atoms with Crippen molar-refractivity contribution in [3.8, 4) is 0 Å². The highest BCUT2D eigenvalue weighted by molar-refractivity contribution is 5.17. The van der Waals surface area contributed by atoms with Crippen LogP contribution in [0.5, 0.6) is 0 Å². The molecule has 0 spiro atoms. The summed E-state index contributed by atoms with van der Waals surface area (Å²) in [6.45, 7) is 18.1. The second kappa shape index (κ2) is 19.1. The van der Waals surface area contributed by atoms with E-state index in [0.29, 0.717) is 5.92 Å². The molecule has 1 heteroatoms. The Morgan fingerprint density at radius 3 is 1.79 bits per heavy atom. The van der Waals surface area contributed by atoms with Crippen molar-refractivity contribution in [3.05, 3.63) is 48.2 Å². The molecule has 1 nitrogen and oxygen atoms in total. The minimum atomic E-state index is 0.493. The molecule has 0 aliphatic rings. The van der Waals surface area contributed by atoms with E-state index >= 15 is 0 Å². The summed E-state index contributed by atoms with van der Waals surface area (Å²) < 4.78 is 0. The predicted molar refractivity (Wildman–Crippen MR) is 91.6 cm³/mol. The van der Waals surface area contributed by atoms with Crippen LogP contribution in [0.2, 0.25) is 0 Å². The van der Waals surface area contributed by atoms with Gasteiger partial charge in [0.15, 0.2) is 0 Å². The van der Waals surface area contributed by atoms with Crippen LogP contribution in [0.1, 0.15) is 54.0 Å². The molecule has 0 saturated carbocycles. The Kier molecular flexibility index (Phi) is 23.0. The second-order valence-electron chi connectivity index (χ2n) is 3.37. The van der Waals surface area contributed by atoms with Crippen LogP contribution in [0.15, 0.2) is 42.6 Å². The van der Waals surface area contributed by atoms with Crippen molar-refractivity contribution >= 4 is 0 Å². The molecule has 0 radical (unpaired) electrons. The lowest BCUT2D eigenvalue weighted by atomic mass is 9.99. The van der Waals surface area contributed by atoms with Crippen LogP contribution in [0.25, 0.3) is 0 Å². The van der Waals surface area contributed by atoms with E-state index in [9.17, 15) is 0 Å². The molecule has 0 heterocycles. The number of nitrogens with one attached hydrogen (secondary N) is 1. The molecular weight excluding hydrogens is 230 g/mol. The van der Waals surface area contributed by atoms with E-state index < -0.39 is 0 Å². The number of allylic oxidation sites excluding steroid dienone is 1. The number of rotatable bonds is 4. The predicted octanol–water partition coefficient (Wildman–Crippen LogP) is 5.68. The molecule has 112 valence electrons. The van der Waals surface area contributed by atoms with Crippen LogP contribution < -0.4 is 5.32 Å². The van der Waals surface area contributed by atoms with Gasteiger partial charge in [0.25, 0.3) is 0 Å². The summed E-state index contributed by atoms with van der Waals surface area (Å²) in [7, 11) is 1.92. The molecule has 0 saturated heterocycles. The van der Waals surface area contributed by atoms with E-state index in [-0.39, 0.29) is 0 Å². The first kappa shape index (κ1) is 22.9. The number of hydrogen-bond donors (Lipinski definition) is 1. The van der Waals surface area contributed by atoms with Gasteiger partial charge in [0.1, 0.15) is 0 Å². The quantitative estimate of drug-likeness (QED) is 0.739. The number of benzene rings is 1. The van der Waals surface area contributed by atoms with Crippen molar-refractivity contribution in [2.75, 3.05) is 7.05 Å². The average Bonchev–Trinajstić information content (AvgIpc) is 2.53. The molecule has 1 atom stereocenters. The molecule has 1 rings (SSSR count). The second-order valence-corrected chi connectivity index (χ2v) is 3.37. The Hall–Kier alpha value is -1.24. The van der Waals surface area contributed by atoms with Gasteiger partial charge < -0.3 is 5.32 Å². The van der Waals surface area contributed by atoms with E-state index in [1.807, 2.05) is 54.7 Å². The fraction of sp³-hybridized carbons (Fsp3) is 0.556. The lowest BCUT2D eigenvalue weighted by molar-refractivity contribution is 0.633. The molecule has 0 bridgehead atoms. The van der Waals surface area contributed by atoms with Crippen LogP contribution in [-0.2, 0) is 6.42 Å². The standard InChI is InChI=1S/C12H17N.3C2H6/c1-10(11(2)13-3)9-12-7-5-4-6-8-12;3*1-2/h4-8,10,13H,2,9H2,1,3H3;3*1-2H3/t10-;;;/m1.../s1. The molecule has 1 N–H and O–H groups in total. The van der Waals surface area contributed by atoms with Crippen molar-refractivity contribution in [1.82, 2.24) is 5.32 Å². The minimum Gasteiger partial charge on any atom is -0.392 e. The topological polar surface area (TPSA) is 12.0 Å². The first-order valence-corrected chi connectivity index (χ1v) is 7.64. The van der Waals surface area contributed by atoms with Crippen molar-refractivity contribution in [2.24, 2.45) is 5.92 Å². The molecule has 1 aromatic rings. The first-order chi connectivity index (χ1) is 9.24. The maximum absolute atomic E-state index is 3.96. The van der Waals surface area contributed by atoms with Crippen LogP contribution in [0, 0.1) is 5.92 Å². The lowest BCUT2D eigenvalue weighted by Crippen LogP contribution is -2.14. The maximum atomic E-state index is 3.96. The highest BCUT2D eigenvalue weighted by Gasteiger charge is 2.05. The number of hydrogen-bond acceptors (Lipinski definition) is 1. The van der Waals surface area contributed by atoms with Crippen LogP contribution in [-0.4, -0.2) is 7.05 Å². The summed E-state index contributed by atoms with van der Waals surface area (Å²) in [4.78, 5) is 0. The van der Waals surface area contributed by atoms with E-state index in [1.165, 1.54) is 5.56 Å². The summed E-state index contributed by atoms with van der Waals surface area (Å²) in [5.41, 5.74) is 2.47. The SMILES string of the molecule is C=C(NC)[C@H](C)Cc1ccccc1.CC.CC.CC. The first-order valence-electron chi connectivity index (χ1n) is 7.64. The van der Waals surface area contributed by atoms with Gasteiger partial charge in [0.05, 0.1) is 0 Å². The summed E-state index contributed by atoms with van der Waals surface area (Å²) >= 11 is 0. The van der Waals surface area contributed by atoms with Crippen LogP contribution >= 0.6 is 0 Å². The summed E-state index contributed by atoms with van der Waals surface area (Å²) in [5.74, 6) is 0.493. The van der Waals surface area contributed by atoms with Gasteiger partial charge in [0.2, 0.25) is 0 Å². The zero-order valence-corrected chi connectivity index (χ0v) is 14.4. The van der Waals surface area contributed by atoms with Crippen molar-refractivity contribution < 1.29 is 0 Å². The normalized spacial score (nSPS) is 9.26. The van der Waals surface area contributed by atoms with Gasteiger partial charge in [-0.05, 0) is 17.9 Å².